The van der Waals surface area contributed by atoms with Gasteiger partial charge in [0.2, 0.25) is 0 Å². The molecule has 0 bridgehead atoms. The molecular weight excluding hydrogens is 134 g/mol. The summed E-state index contributed by atoms with van der Waals surface area (Å²) < 4.78 is 0. The van der Waals surface area contributed by atoms with Crippen molar-refractivity contribution in [2.45, 2.75) is 19.4 Å². The number of nitrogens with zero attached hydrogens (tertiary/aromatic N) is 3. The van der Waals surface area contributed by atoms with E-state index >= 15 is 0 Å². The van der Waals surface area contributed by atoms with Crippen molar-refractivity contribution < 1.29 is 9.90 Å². The molecule has 1 unspecified atom stereocenters. The van der Waals surface area contributed by atoms with Crippen LogP contribution >= 0.6 is 0 Å². The molecule has 0 saturated heterocycles. The van der Waals surface area contributed by atoms with Crippen LogP contribution in [0.5, 0.6) is 0 Å². The topological polar surface area (TPSA) is 86.1 Å². The van der Waals surface area contributed by atoms with Crippen LogP contribution in [0.4, 0.5) is 0 Å². The van der Waals surface area contributed by atoms with Gasteiger partial charge >= 0.3 is 0 Å². The van der Waals surface area contributed by atoms with Gasteiger partial charge in [-0.05, 0) is 18.9 Å². The smallest absolute Gasteiger partial charge is 0.138 e. The summed E-state index contributed by atoms with van der Waals surface area (Å²) in [5, 5.41) is 11.6. The predicted molar refractivity (Wildman–Crippen MR) is 35.3 cm³/mol. The van der Waals surface area contributed by atoms with Crippen LogP contribution in [0.3, 0.4) is 0 Å². The summed E-state index contributed by atoms with van der Waals surface area (Å²) >= 11 is 0. The first-order valence-corrected chi connectivity index (χ1v) is 2.88. The van der Waals surface area contributed by atoms with Crippen molar-refractivity contribution in [1.29, 1.82) is 0 Å². The Labute approximate surface area is 58.3 Å². The van der Waals surface area contributed by atoms with Crippen LogP contribution in [0.25, 0.3) is 10.4 Å². The third-order valence-corrected chi connectivity index (χ3v) is 1.06. The van der Waals surface area contributed by atoms with Gasteiger partial charge in [0.1, 0.15) is 5.78 Å². The number of azide groups is 1. The first-order valence-electron chi connectivity index (χ1n) is 2.88. The van der Waals surface area contributed by atoms with Gasteiger partial charge in [-0.3, -0.25) is 4.79 Å². The fraction of sp³-hybridized carbons (Fsp3) is 0.800. The van der Waals surface area contributed by atoms with E-state index in [2.05, 4.69) is 10.0 Å². The van der Waals surface area contributed by atoms with Crippen molar-refractivity contribution in [2.24, 2.45) is 5.11 Å². The Balaban J connectivity index is 3.97. The highest BCUT2D eigenvalue weighted by molar-refractivity contribution is 5.81. The number of aliphatic hydroxyl groups is 1. The first-order chi connectivity index (χ1) is 4.72. The maximum Gasteiger partial charge on any atom is 0.138 e. The van der Waals surface area contributed by atoms with Gasteiger partial charge in [-0.15, -0.1) is 0 Å². The first kappa shape index (κ1) is 8.94. The third kappa shape index (κ3) is 3.06. The van der Waals surface area contributed by atoms with Crippen molar-refractivity contribution in [3.8, 4) is 0 Å². The lowest BCUT2D eigenvalue weighted by atomic mass is 10.1. The minimum atomic E-state index is -0.699. The summed E-state index contributed by atoms with van der Waals surface area (Å²) in [6.07, 6.45) is 0.208. The van der Waals surface area contributed by atoms with Gasteiger partial charge in [0, 0.05) is 11.5 Å². The Morgan fingerprint density at radius 3 is 2.80 bits per heavy atom. The van der Waals surface area contributed by atoms with E-state index in [1.54, 1.807) is 0 Å². The maximum absolute atomic E-state index is 10.5. The van der Waals surface area contributed by atoms with Crippen molar-refractivity contribution in [1.82, 2.24) is 0 Å². The van der Waals surface area contributed by atoms with Crippen LogP contribution in [-0.2, 0) is 4.79 Å². The molecule has 5 heteroatoms. The van der Waals surface area contributed by atoms with Crippen LogP contribution in [0.1, 0.15) is 13.3 Å². The molecule has 0 spiro atoms. The molecule has 0 aliphatic heterocycles. The lowest BCUT2D eigenvalue weighted by Gasteiger charge is -2.01. The standard InChI is InChI=1S/C5H9N3O2/c1-4(10)5(2-3-9)7-8-6/h5,9H,2-3H2,1H3. The minimum Gasteiger partial charge on any atom is -0.396 e. The fourth-order valence-electron chi connectivity index (χ4n) is 0.527. The summed E-state index contributed by atoms with van der Waals surface area (Å²) in [4.78, 5) is 13.0. The molecule has 0 rings (SSSR count). The van der Waals surface area contributed by atoms with Gasteiger partial charge in [0.05, 0.1) is 6.04 Å². The highest BCUT2D eigenvalue weighted by Crippen LogP contribution is 1.98. The van der Waals surface area contributed by atoms with E-state index in [1.165, 1.54) is 6.92 Å². The molecular formula is C5H9N3O2. The molecule has 0 fully saturated rings. The van der Waals surface area contributed by atoms with Crippen molar-refractivity contribution in [3.05, 3.63) is 10.4 Å². The Hall–Kier alpha value is -1.06. The minimum absolute atomic E-state index is 0.136. The Kier molecular flexibility index (Phi) is 4.28. The van der Waals surface area contributed by atoms with Gasteiger partial charge in [0.15, 0.2) is 0 Å². The van der Waals surface area contributed by atoms with Crippen LogP contribution in [-0.4, -0.2) is 23.5 Å². The Morgan fingerprint density at radius 1 is 1.90 bits per heavy atom. The summed E-state index contributed by atoms with van der Waals surface area (Å²) in [5.41, 5.74) is 7.94. The summed E-state index contributed by atoms with van der Waals surface area (Å²) in [5.74, 6) is -0.216. The summed E-state index contributed by atoms with van der Waals surface area (Å²) in [7, 11) is 0. The summed E-state index contributed by atoms with van der Waals surface area (Å²) in [6.45, 7) is 1.19. The Morgan fingerprint density at radius 2 is 2.50 bits per heavy atom. The molecule has 0 aliphatic carbocycles. The monoisotopic (exact) mass is 143 g/mol. The molecule has 0 radical (unpaired) electrons. The number of ketones is 1. The van der Waals surface area contributed by atoms with Crippen LogP contribution in [0.15, 0.2) is 5.11 Å². The lowest BCUT2D eigenvalue weighted by Crippen LogP contribution is -2.15. The largest absolute Gasteiger partial charge is 0.396 e. The highest BCUT2D eigenvalue weighted by Gasteiger charge is 2.09. The second-order valence-corrected chi connectivity index (χ2v) is 1.84. The molecule has 0 amide bonds. The molecule has 0 aromatic heterocycles. The second-order valence-electron chi connectivity index (χ2n) is 1.84. The molecule has 0 aliphatic rings. The van der Waals surface area contributed by atoms with E-state index < -0.39 is 6.04 Å². The number of carbonyl (C=O) groups is 1. The van der Waals surface area contributed by atoms with E-state index in [9.17, 15) is 4.79 Å². The number of rotatable bonds is 4. The van der Waals surface area contributed by atoms with Crippen LogP contribution in [0.2, 0.25) is 0 Å². The lowest BCUT2D eigenvalue weighted by molar-refractivity contribution is -0.118. The maximum atomic E-state index is 10.5. The van der Waals surface area contributed by atoms with Crippen LogP contribution in [0, 0.1) is 0 Å². The number of hydrogen-bond acceptors (Lipinski definition) is 3. The normalized spacial score (nSPS) is 11.8. The zero-order valence-electron chi connectivity index (χ0n) is 5.69. The van der Waals surface area contributed by atoms with E-state index in [4.69, 9.17) is 10.6 Å². The van der Waals surface area contributed by atoms with Crippen LogP contribution < -0.4 is 0 Å². The average Bonchev–Trinajstić information content (AvgIpc) is 1.87. The third-order valence-electron chi connectivity index (χ3n) is 1.06. The zero-order chi connectivity index (χ0) is 7.98. The molecule has 0 saturated carbocycles. The highest BCUT2D eigenvalue weighted by atomic mass is 16.3. The van der Waals surface area contributed by atoms with Gasteiger partial charge in [-0.25, -0.2) is 0 Å². The van der Waals surface area contributed by atoms with Gasteiger partial charge in [-0.1, -0.05) is 5.11 Å². The van der Waals surface area contributed by atoms with E-state index in [-0.39, 0.29) is 18.8 Å². The van der Waals surface area contributed by atoms with E-state index in [0.29, 0.717) is 0 Å². The number of hydrogen-bond donors (Lipinski definition) is 1. The van der Waals surface area contributed by atoms with Crippen molar-refractivity contribution in [3.63, 3.8) is 0 Å². The molecule has 0 aromatic carbocycles. The predicted octanol–water partition coefficient (Wildman–Crippen LogP) is 0.637. The van der Waals surface area contributed by atoms with Gasteiger partial charge < -0.3 is 5.11 Å². The van der Waals surface area contributed by atoms with Gasteiger partial charge in [0.25, 0.3) is 0 Å². The molecule has 1 atom stereocenters. The van der Waals surface area contributed by atoms with Crippen molar-refractivity contribution in [2.75, 3.05) is 6.61 Å². The SMILES string of the molecule is CC(=O)C(CCO)N=[N+]=[N-]. The van der Waals surface area contributed by atoms with Crippen molar-refractivity contribution >= 4 is 5.78 Å². The number of Topliss-reactive ketones (excluding diaryl/α,β-unsaturated/α-hetero) is 1. The molecule has 0 aromatic rings. The van der Waals surface area contributed by atoms with Gasteiger partial charge in [-0.2, -0.15) is 0 Å². The van der Waals surface area contributed by atoms with E-state index in [1.807, 2.05) is 0 Å². The molecule has 5 nitrogen and oxygen atoms in total. The average molecular weight is 143 g/mol. The molecule has 56 valence electrons. The second kappa shape index (κ2) is 4.78. The molecule has 1 N–H and O–H groups in total. The fourth-order valence-corrected chi connectivity index (χ4v) is 0.527. The number of carbonyl (C=O) groups excluding carboxylic acids is 1. The number of aliphatic hydroxyl groups excluding tert-OH is 1. The van der Waals surface area contributed by atoms with E-state index in [0.717, 1.165) is 0 Å². The summed E-state index contributed by atoms with van der Waals surface area (Å²) in [6, 6.07) is -0.699. The molecule has 0 heterocycles. The molecule has 10 heavy (non-hydrogen) atoms. The quantitative estimate of drug-likeness (QED) is 0.355. The Bertz CT molecular complexity index is 160. The zero-order valence-corrected chi connectivity index (χ0v) is 5.69.